The van der Waals surface area contributed by atoms with Crippen molar-refractivity contribution in [1.29, 1.82) is 0 Å². The van der Waals surface area contributed by atoms with E-state index in [0.717, 1.165) is 16.5 Å². The third kappa shape index (κ3) is 3.46. The van der Waals surface area contributed by atoms with E-state index in [9.17, 15) is 9.18 Å². The fourth-order valence-electron chi connectivity index (χ4n) is 3.03. The second-order valence-electron chi connectivity index (χ2n) is 6.51. The molecule has 3 N–H and O–H groups in total. The van der Waals surface area contributed by atoms with Crippen LogP contribution in [0.1, 0.15) is 28.2 Å². The highest BCUT2D eigenvalue weighted by Gasteiger charge is 2.19. The van der Waals surface area contributed by atoms with Crippen molar-refractivity contribution in [2.75, 3.05) is 5.73 Å². The van der Waals surface area contributed by atoms with Crippen LogP contribution in [-0.4, -0.2) is 10.9 Å². The van der Waals surface area contributed by atoms with Crippen LogP contribution in [0.3, 0.4) is 0 Å². The zero-order chi connectivity index (χ0) is 19.7. The zero-order valence-electron chi connectivity index (χ0n) is 15.1. The number of nitrogen functional groups attached to an aromatic ring is 1. The summed E-state index contributed by atoms with van der Waals surface area (Å²) in [6.07, 6.45) is 0. The fraction of sp³-hybridized carbons (Fsp3) is 0.0909. The van der Waals surface area contributed by atoms with E-state index in [-0.39, 0.29) is 17.8 Å². The van der Waals surface area contributed by atoms with E-state index < -0.39 is 0 Å². The Bertz CT molecular complexity index is 1140. The van der Waals surface area contributed by atoms with Gasteiger partial charge in [-0.25, -0.2) is 9.37 Å². The lowest BCUT2D eigenvalue weighted by molar-refractivity contribution is 0.0945. The number of carbonyl (C=O) groups excluding carboxylic acids is 1. The summed E-state index contributed by atoms with van der Waals surface area (Å²) >= 11 is 1.26. The molecule has 4 nitrogen and oxygen atoms in total. The second kappa shape index (κ2) is 7.40. The van der Waals surface area contributed by atoms with Crippen LogP contribution < -0.4 is 11.1 Å². The number of hydrogen-bond donors (Lipinski definition) is 2. The number of nitrogens with zero attached hydrogens (tertiary/aromatic N) is 1. The van der Waals surface area contributed by atoms with Crippen molar-refractivity contribution in [2.45, 2.75) is 13.0 Å². The second-order valence-corrected chi connectivity index (χ2v) is 7.51. The number of nitrogens with one attached hydrogen (secondary N) is 1. The number of carbonyl (C=O) groups is 1. The molecule has 1 atom stereocenters. The molecule has 2 aromatic heterocycles. The van der Waals surface area contributed by atoms with Gasteiger partial charge in [0.25, 0.3) is 5.91 Å². The summed E-state index contributed by atoms with van der Waals surface area (Å²) in [5, 5.41) is 3.73. The third-order valence-electron chi connectivity index (χ3n) is 4.59. The Labute approximate surface area is 165 Å². The molecule has 0 aliphatic carbocycles. The molecule has 28 heavy (non-hydrogen) atoms. The predicted molar refractivity (Wildman–Crippen MR) is 112 cm³/mol. The highest BCUT2D eigenvalue weighted by molar-refractivity contribution is 7.21. The van der Waals surface area contributed by atoms with Gasteiger partial charge < -0.3 is 11.1 Å². The lowest BCUT2D eigenvalue weighted by atomic mass is 10.1. The van der Waals surface area contributed by atoms with Crippen LogP contribution in [0.15, 0.2) is 66.7 Å². The van der Waals surface area contributed by atoms with Crippen LogP contribution >= 0.6 is 11.3 Å². The molecule has 0 aliphatic rings. The minimum absolute atomic E-state index is 0.138. The maximum Gasteiger partial charge on any atom is 0.264 e. The van der Waals surface area contributed by atoms with E-state index in [2.05, 4.69) is 10.3 Å². The first-order chi connectivity index (χ1) is 13.5. The monoisotopic (exact) mass is 391 g/mol. The summed E-state index contributed by atoms with van der Waals surface area (Å²) in [7, 11) is 0. The summed E-state index contributed by atoms with van der Waals surface area (Å²) in [6, 6.07) is 19.4. The van der Waals surface area contributed by atoms with Gasteiger partial charge in [0.05, 0.1) is 17.4 Å². The molecule has 0 bridgehead atoms. The van der Waals surface area contributed by atoms with Crippen molar-refractivity contribution in [3.8, 4) is 11.3 Å². The van der Waals surface area contributed by atoms with Gasteiger partial charge in [-0.15, -0.1) is 11.3 Å². The molecule has 0 spiro atoms. The van der Waals surface area contributed by atoms with Crippen molar-refractivity contribution >= 4 is 33.1 Å². The standard InChI is InChI=1S/C22H18FN3OS/c1-13(14-5-3-2-4-6-14)25-21(27)20-19(24)17-11-12-18(26-22(17)28-20)15-7-9-16(23)10-8-15/h2-13H,24H2,1H3,(H,25,27)/t13-/m1/s1. The fourth-order valence-corrected chi connectivity index (χ4v) is 4.03. The van der Waals surface area contributed by atoms with Gasteiger partial charge in [-0.05, 0) is 48.9 Å². The number of pyridine rings is 1. The minimum atomic E-state index is -0.295. The van der Waals surface area contributed by atoms with E-state index in [4.69, 9.17) is 5.73 Å². The number of thiophene rings is 1. The van der Waals surface area contributed by atoms with Gasteiger partial charge in [0.2, 0.25) is 0 Å². The number of rotatable bonds is 4. The number of halogens is 1. The van der Waals surface area contributed by atoms with Crippen LogP contribution in [0.2, 0.25) is 0 Å². The molecular weight excluding hydrogens is 373 g/mol. The van der Waals surface area contributed by atoms with Crippen LogP contribution in [0.5, 0.6) is 0 Å². The number of aromatic nitrogens is 1. The molecule has 0 unspecified atom stereocenters. The predicted octanol–water partition coefficient (Wildman–Crippen LogP) is 5.18. The largest absolute Gasteiger partial charge is 0.397 e. The summed E-state index contributed by atoms with van der Waals surface area (Å²) in [5.41, 5.74) is 9.18. The van der Waals surface area contributed by atoms with Crippen LogP contribution in [0.4, 0.5) is 10.1 Å². The van der Waals surface area contributed by atoms with Crippen molar-refractivity contribution in [1.82, 2.24) is 10.3 Å². The van der Waals surface area contributed by atoms with E-state index in [1.807, 2.05) is 49.4 Å². The van der Waals surface area contributed by atoms with Gasteiger partial charge in [0.1, 0.15) is 15.5 Å². The number of anilines is 1. The van der Waals surface area contributed by atoms with Crippen LogP contribution in [0, 0.1) is 5.82 Å². The van der Waals surface area contributed by atoms with Crippen molar-refractivity contribution in [2.24, 2.45) is 0 Å². The number of benzene rings is 2. The molecule has 2 heterocycles. The smallest absolute Gasteiger partial charge is 0.264 e. The highest BCUT2D eigenvalue weighted by Crippen LogP contribution is 2.34. The van der Waals surface area contributed by atoms with Crippen molar-refractivity contribution < 1.29 is 9.18 Å². The summed E-state index contributed by atoms with van der Waals surface area (Å²) in [6.45, 7) is 1.93. The topological polar surface area (TPSA) is 68.0 Å². The third-order valence-corrected chi connectivity index (χ3v) is 5.70. The number of amides is 1. The maximum atomic E-state index is 13.1. The molecule has 0 saturated heterocycles. The molecule has 0 radical (unpaired) electrons. The molecule has 4 rings (SSSR count). The molecule has 2 aromatic carbocycles. The molecule has 6 heteroatoms. The molecule has 1 amide bonds. The van der Waals surface area contributed by atoms with Gasteiger partial charge in [-0.3, -0.25) is 4.79 Å². The lowest BCUT2D eigenvalue weighted by Gasteiger charge is -2.13. The SMILES string of the molecule is C[C@@H](NC(=O)c1sc2nc(-c3ccc(F)cc3)ccc2c1N)c1ccccc1. The average Bonchev–Trinajstić information content (AvgIpc) is 3.05. The molecule has 0 aliphatic heterocycles. The van der Waals surface area contributed by atoms with Crippen molar-refractivity contribution in [3.05, 3.63) is 83.0 Å². The summed E-state index contributed by atoms with van der Waals surface area (Å²) in [5.74, 6) is -0.517. The lowest BCUT2D eigenvalue weighted by Crippen LogP contribution is -2.26. The maximum absolute atomic E-state index is 13.1. The van der Waals surface area contributed by atoms with Gasteiger partial charge in [0.15, 0.2) is 0 Å². The van der Waals surface area contributed by atoms with Crippen LogP contribution in [-0.2, 0) is 0 Å². The first-order valence-corrected chi connectivity index (χ1v) is 9.65. The van der Waals surface area contributed by atoms with Gasteiger partial charge in [0, 0.05) is 10.9 Å². The van der Waals surface area contributed by atoms with E-state index in [1.165, 1.54) is 23.5 Å². The first-order valence-electron chi connectivity index (χ1n) is 8.83. The summed E-state index contributed by atoms with van der Waals surface area (Å²) in [4.78, 5) is 18.5. The Morgan fingerprint density at radius 3 is 2.50 bits per heavy atom. The Balaban J connectivity index is 1.63. The molecule has 140 valence electrons. The van der Waals surface area contributed by atoms with Gasteiger partial charge in [-0.1, -0.05) is 30.3 Å². The zero-order valence-corrected chi connectivity index (χ0v) is 16.0. The normalized spacial score (nSPS) is 12.1. The number of fused-ring (bicyclic) bond motifs is 1. The Morgan fingerprint density at radius 2 is 1.79 bits per heavy atom. The Morgan fingerprint density at radius 1 is 1.07 bits per heavy atom. The van der Waals surface area contributed by atoms with Crippen LogP contribution in [0.25, 0.3) is 21.5 Å². The van der Waals surface area contributed by atoms with Gasteiger partial charge in [-0.2, -0.15) is 0 Å². The average molecular weight is 391 g/mol. The molecular formula is C22H18FN3OS. The quantitative estimate of drug-likeness (QED) is 0.504. The van der Waals surface area contributed by atoms with E-state index in [1.54, 1.807) is 12.1 Å². The Hall–Kier alpha value is -3.25. The highest BCUT2D eigenvalue weighted by atomic mass is 32.1. The minimum Gasteiger partial charge on any atom is -0.397 e. The van der Waals surface area contributed by atoms with Crippen molar-refractivity contribution in [3.63, 3.8) is 0 Å². The molecule has 0 saturated carbocycles. The summed E-state index contributed by atoms with van der Waals surface area (Å²) < 4.78 is 13.1. The Kier molecular flexibility index (Phi) is 4.79. The van der Waals surface area contributed by atoms with E-state index in [0.29, 0.717) is 21.1 Å². The first kappa shape index (κ1) is 18.1. The molecule has 4 aromatic rings. The molecule has 0 fully saturated rings. The van der Waals surface area contributed by atoms with E-state index >= 15 is 0 Å². The number of nitrogens with two attached hydrogens (primary N) is 1. The van der Waals surface area contributed by atoms with Gasteiger partial charge >= 0.3 is 0 Å². The number of hydrogen-bond acceptors (Lipinski definition) is 4.